The minimum atomic E-state index is 0.496. The molecule has 1 atom stereocenters. The molecule has 0 N–H and O–H groups in total. The lowest BCUT2D eigenvalue weighted by atomic mass is 9.86. The standard InChI is InChI=1S/C29H36N2/c1-6-22-13-10-14-23(7-2)29(22)27-18-20(3)26(21(4)30-27)19-31(5)28-17-11-15-24-12-8-9-16-25(24)28/h8-10,12-14,16,18,28H,6-7,11,15,17,19H2,1-5H3/t28-/m0/s1. The average molecular weight is 413 g/mol. The fraction of sp³-hybridized carbons (Fsp3) is 0.414. The van der Waals surface area contributed by atoms with Crippen LogP contribution in [0.3, 0.4) is 0 Å². The van der Waals surface area contributed by atoms with Crippen molar-refractivity contribution in [3.63, 3.8) is 0 Å². The van der Waals surface area contributed by atoms with E-state index < -0.39 is 0 Å². The Hall–Kier alpha value is -2.45. The third-order valence-corrected chi connectivity index (χ3v) is 7.09. The maximum absolute atomic E-state index is 5.14. The van der Waals surface area contributed by atoms with Crippen molar-refractivity contribution in [2.75, 3.05) is 7.05 Å². The molecule has 0 saturated heterocycles. The Kier molecular flexibility index (Phi) is 6.57. The molecule has 0 fully saturated rings. The maximum atomic E-state index is 5.14. The number of aryl methyl sites for hydroxylation is 5. The van der Waals surface area contributed by atoms with E-state index in [2.05, 4.69) is 88.2 Å². The van der Waals surface area contributed by atoms with Crippen LogP contribution in [0.25, 0.3) is 11.3 Å². The highest BCUT2D eigenvalue weighted by Gasteiger charge is 2.24. The normalized spacial score (nSPS) is 15.9. The highest BCUT2D eigenvalue weighted by atomic mass is 15.1. The second-order valence-electron chi connectivity index (χ2n) is 9.07. The van der Waals surface area contributed by atoms with Crippen molar-refractivity contribution < 1.29 is 0 Å². The van der Waals surface area contributed by atoms with Gasteiger partial charge >= 0.3 is 0 Å². The van der Waals surface area contributed by atoms with Crippen LogP contribution in [-0.4, -0.2) is 16.9 Å². The van der Waals surface area contributed by atoms with Crippen LogP contribution in [0.5, 0.6) is 0 Å². The van der Waals surface area contributed by atoms with Crippen molar-refractivity contribution in [2.24, 2.45) is 0 Å². The first-order chi connectivity index (χ1) is 15.0. The first-order valence-corrected chi connectivity index (χ1v) is 11.9. The number of aromatic nitrogens is 1. The molecule has 1 heterocycles. The zero-order valence-corrected chi connectivity index (χ0v) is 19.8. The predicted octanol–water partition coefficient (Wildman–Crippen LogP) is 7.00. The molecule has 0 bridgehead atoms. The van der Waals surface area contributed by atoms with Crippen LogP contribution >= 0.6 is 0 Å². The van der Waals surface area contributed by atoms with E-state index in [9.17, 15) is 0 Å². The Balaban J connectivity index is 1.66. The second-order valence-corrected chi connectivity index (χ2v) is 9.07. The molecular formula is C29H36N2. The Morgan fingerprint density at radius 2 is 1.68 bits per heavy atom. The van der Waals surface area contributed by atoms with Crippen LogP contribution in [0, 0.1) is 13.8 Å². The van der Waals surface area contributed by atoms with Gasteiger partial charge in [-0.3, -0.25) is 9.88 Å². The largest absolute Gasteiger partial charge is 0.295 e. The molecule has 1 aliphatic rings. The second kappa shape index (κ2) is 9.36. The Morgan fingerprint density at radius 3 is 2.35 bits per heavy atom. The Labute approximate surface area is 188 Å². The molecule has 0 amide bonds. The number of fused-ring (bicyclic) bond motifs is 1. The van der Waals surface area contributed by atoms with Gasteiger partial charge < -0.3 is 0 Å². The average Bonchev–Trinajstić information content (AvgIpc) is 2.80. The zero-order chi connectivity index (χ0) is 22.0. The summed E-state index contributed by atoms with van der Waals surface area (Å²) in [5, 5.41) is 0. The van der Waals surface area contributed by atoms with Gasteiger partial charge in [-0.15, -0.1) is 0 Å². The highest BCUT2D eigenvalue weighted by molar-refractivity contribution is 5.69. The number of benzene rings is 2. The molecule has 2 nitrogen and oxygen atoms in total. The van der Waals surface area contributed by atoms with E-state index in [0.29, 0.717) is 6.04 Å². The predicted molar refractivity (Wildman–Crippen MR) is 131 cm³/mol. The first-order valence-electron chi connectivity index (χ1n) is 11.9. The maximum Gasteiger partial charge on any atom is 0.0713 e. The minimum absolute atomic E-state index is 0.496. The molecule has 162 valence electrons. The van der Waals surface area contributed by atoms with Crippen molar-refractivity contribution in [1.29, 1.82) is 0 Å². The van der Waals surface area contributed by atoms with Crippen LogP contribution in [0.2, 0.25) is 0 Å². The SMILES string of the molecule is CCc1cccc(CC)c1-c1cc(C)c(CN(C)[C@H]2CCCc3ccccc32)c(C)n1. The molecular weight excluding hydrogens is 376 g/mol. The summed E-state index contributed by atoms with van der Waals surface area (Å²) >= 11 is 0. The minimum Gasteiger partial charge on any atom is -0.295 e. The Morgan fingerprint density at radius 1 is 0.968 bits per heavy atom. The lowest BCUT2D eigenvalue weighted by Crippen LogP contribution is -2.28. The van der Waals surface area contributed by atoms with Gasteiger partial charge in [-0.2, -0.15) is 0 Å². The number of hydrogen-bond donors (Lipinski definition) is 0. The lowest BCUT2D eigenvalue weighted by molar-refractivity contribution is 0.212. The van der Waals surface area contributed by atoms with Crippen LogP contribution in [0.4, 0.5) is 0 Å². The summed E-state index contributed by atoms with van der Waals surface area (Å²) in [5.74, 6) is 0. The molecule has 0 radical (unpaired) electrons. The molecule has 0 unspecified atom stereocenters. The van der Waals surface area contributed by atoms with Crippen LogP contribution in [0.1, 0.15) is 71.8 Å². The zero-order valence-electron chi connectivity index (χ0n) is 19.8. The van der Waals surface area contributed by atoms with Crippen molar-refractivity contribution in [3.8, 4) is 11.3 Å². The van der Waals surface area contributed by atoms with E-state index >= 15 is 0 Å². The number of rotatable bonds is 6. The van der Waals surface area contributed by atoms with Crippen LogP contribution in [0.15, 0.2) is 48.5 Å². The van der Waals surface area contributed by atoms with E-state index in [1.54, 1.807) is 0 Å². The van der Waals surface area contributed by atoms with E-state index in [0.717, 1.165) is 25.1 Å². The molecule has 2 aromatic carbocycles. The Bertz CT molecular complexity index is 1020. The summed E-state index contributed by atoms with van der Waals surface area (Å²) in [6.07, 6.45) is 5.80. The van der Waals surface area contributed by atoms with Crippen molar-refractivity contribution in [2.45, 2.75) is 72.4 Å². The lowest BCUT2D eigenvalue weighted by Gasteiger charge is -2.34. The molecule has 0 aliphatic heterocycles. The van der Waals surface area contributed by atoms with Gasteiger partial charge in [-0.25, -0.2) is 0 Å². The number of nitrogens with zero attached hydrogens (tertiary/aromatic N) is 2. The van der Waals surface area contributed by atoms with Gasteiger partial charge in [-0.05, 0) is 92.4 Å². The van der Waals surface area contributed by atoms with Crippen molar-refractivity contribution >= 4 is 0 Å². The molecule has 4 rings (SSSR count). The van der Waals surface area contributed by atoms with Gasteiger partial charge in [0.25, 0.3) is 0 Å². The monoisotopic (exact) mass is 412 g/mol. The summed E-state index contributed by atoms with van der Waals surface area (Å²) < 4.78 is 0. The van der Waals surface area contributed by atoms with Gasteiger partial charge in [0.2, 0.25) is 0 Å². The van der Waals surface area contributed by atoms with Gasteiger partial charge in [-0.1, -0.05) is 56.3 Å². The summed E-state index contributed by atoms with van der Waals surface area (Å²) in [4.78, 5) is 7.67. The van der Waals surface area contributed by atoms with E-state index in [1.165, 1.54) is 63.9 Å². The molecule has 1 aliphatic carbocycles. The summed E-state index contributed by atoms with van der Waals surface area (Å²) in [7, 11) is 2.28. The van der Waals surface area contributed by atoms with E-state index in [4.69, 9.17) is 4.98 Å². The first kappa shape index (κ1) is 21.8. The van der Waals surface area contributed by atoms with Gasteiger partial charge in [0.15, 0.2) is 0 Å². The van der Waals surface area contributed by atoms with E-state index in [-0.39, 0.29) is 0 Å². The molecule has 1 aromatic heterocycles. The molecule has 0 saturated carbocycles. The fourth-order valence-electron chi connectivity index (χ4n) is 5.34. The topological polar surface area (TPSA) is 16.1 Å². The molecule has 31 heavy (non-hydrogen) atoms. The fourth-order valence-corrected chi connectivity index (χ4v) is 5.34. The quantitative estimate of drug-likeness (QED) is 0.433. The third kappa shape index (κ3) is 4.32. The molecule has 3 aromatic rings. The van der Waals surface area contributed by atoms with Gasteiger partial charge in [0.05, 0.1) is 5.69 Å². The highest BCUT2D eigenvalue weighted by Crippen LogP contribution is 2.35. The molecule has 2 heteroatoms. The summed E-state index contributed by atoms with van der Waals surface area (Å²) in [6, 6.07) is 18.5. The van der Waals surface area contributed by atoms with Gasteiger partial charge in [0, 0.05) is 23.8 Å². The van der Waals surface area contributed by atoms with Crippen LogP contribution < -0.4 is 0 Å². The smallest absolute Gasteiger partial charge is 0.0713 e. The summed E-state index contributed by atoms with van der Waals surface area (Å²) in [5.41, 5.74) is 12.2. The van der Waals surface area contributed by atoms with Crippen molar-refractivity contribution in [1.82, 2.24) is 9.88 Å². The number of pyridine rings is 1. The summed E-state index contributed by atoms with van der Waals surface area (Å²) in [6.45, 7) is 9.87. The number of hydrogen-bond acceptors (Lipinski definition) is 2. The van der Waals surface area contributed by atoms with Crippen LogP contribution in [-0.2, 0) is 25.8 Å². The molecule has 0 spiro atoms. The van der Waals surface area contributed by atoms with Gasteiger partial charge in [0.1, 0.15) is 0 Å². The third-order valence-electron chi connectivity index (χ3n) is 7.09. The van der Waals surface area contributed by atoms with Crippen molar-refractivity contribution in [3.05, 3.63) is 87.6 Å². The van der Waals surface area contributed by atoms with E-state index in [1.807, 2.05) is 0 Å².